The van der Waals surface area contributed by atoms with Gasteiger partial charge in [0, 0.05) is 23.0 Å². The number of anilines is 1. The van der Waals surface area contributed by atoms with Crippen molar-refractivity contribution in [3.63, 3.8) is 0 Å². The third-order valence-electron chi connectivity index (χ3n) is 4.01. The van der Waals surface area contributed by atoms with Crippen LogP contribution in [0, 0.1) is 0 Å². The zero-order valence-electron chi connectivity index (χ0n) is 12.9. The van der Waals surface area contributed by atoms with Crippen LogP contribution in [0.5, 0.6) is 0 Å². The van der Waals surface area contributed by atoms with Gasteiger partial charge in [-0.25, -0.2) is 0 Å². The number of H-pyrrole nitrogens is 1. The van der Waals surface area contributed by atoms with E-state index in [1.165, 1.54) is 0 Å². The van der Waals surface area contributed by atoms with Crippen molar-refractivity contribution in [2.24, 2.45) is 0 Å². The van der Waals surface area contributed by atoms with Gasteiger partial charge in [0.15, 0.2) is 0 Å². The summed E-state index contributed by atoms with van der Waals surface area (Å²) >= 11 is 0. The van der Waals surface area contributed by atoms with Crippen molar-refractivity contribution in [3.8, 4) is 11.1 Å². The van der Waals surface area contributed by atoms with Gasteiger partial charge in [0.2, 0.25) is 0 Å². The molecule has 1 heterocycles. The molecule has 4 heteroatoms. The summed E-state index contributed by atoms with van der Waals surface area (Å²) in [6.07, 6.45) is 3.60. The highest BCUT2D eigenvalue weighted by Crippen LogP contribution is 2.22. The molecule has 4 rings (SSSR count). The Morgan fingerprint density at radius 3 is 2.46 bits per heavy atom. The third-order valence-corrected chi connectivity index (χ3v) is 4.01. The molecule has 0 atom stereocenters. The van der Waals surface area contributed by atoms with Crippen LogP contribution in [0.1, 0.15) is 10.4 Å². The van der Waals surface area contributed by atoms with Crippen molar-refractivity contribution in [2.45, 2.75) is 0 Å². The number of rotatable bonds is 3. The van der Waals surface area contributed by atoms with Crippen molar-refractivity contribution in [1.82, 2.24) is 10.2 Å². The van der Waals surface area contributed by atoms with Crippen LogP contribution < -0.4 is 5.32 Å². The van der Waals surface area contributed by atoms with Gasteiger partial charge in [-0.3, -0.25) is 9.89 Å². The first kappa shape index (κ1) is 14.2. The number of hydrogen-bond acceptors (Lipinski definition) is 2. The number of carbonyl (C=O) groups excluding carboxylic acids is 1. The van der Waals surface area contributed by atoms with E-state index in [-0.39, 0.29) is 5.91 Å². The second-order valence-electron chi connectivity index (χ2n) is 5.55. The van der Waals surface area contributed by atoms with Crippen LogP contribution in [0.4, 0.5) is 5.69 Å². The Hall–Kier alpha value is -3.40. The molecule has 1 aromatic heterocycles. The molecule has 0 saturated heterocycles. The predicted molar refractivity (Wildman–Crippen MR) is 95.9 cm³/mol. The third kappa shape index (κ3) is 2.65. The van der Waals surface area contributed by atoms with E-state index in [1.54, 1.807) is 6.20 Å². The lowest BCUT2D eigenvalue weighted by Gasteiger charge is -2.08. The van der Waals surface area contributed by atoms with Gasteiger partial charge in [-0.05, 0) is 34.5 Å². The molecule has 0 saturated carbocycles. The van der Waals surface area contributed by atoms with E-state index in [1.807, 2.05) is 72.9 Å². The van der Waals surface area contributed by atoms with Gasteiger partial charge in [-0.15, -0.1) is 0 Å². The van der Waals surface area contributed by atoms with Crippen LogP contribution in [0.15, 0.2) is 79.1 Å². The highest BCUT2D eigenvalue weighted by molar-refractivity contribution is 6.12. The van der Waals surface area contributed by atoms with Crippen LogP contribution in [0.2, 0.25) is 0 Å². The van der Waals surface area contributed by atoms with Gasteiger partial charge in [-0.1, -0.05) is 48.5 Å². The molecule has 0 radical (unpaired) electrons. The minimum Gasteiger partial charge on any atom is -0.322 e. The van der Waals surface area contributed by atoms with E-state index in [0.29, 0.717) is 5.56 Å². The van der Waals surface area contributed by atoms with Crippen LogP contribution in [-0.2, 0) is 0 Å². The average Bonchev–Trinajstić information content (AvgIpc) is 3.16. The predicted octanol–water partition coefficient (Wildman–Crippen LogP) is 4.48. The molecule has 2 N–H and O–H groups in total. The molecule has 4 aromatic rings. The smallest absolute Gasteiger partial charge is 0.256 e. The van der Waals surface area contributed by atoms with Crippen molar-refractivity contribution in [2.75, 3.05) is 5.32 Å². The lowest BCUT2D eigenvalue weighted by Crippen LogP contribution is -2.12. The zero-order valence-corrected chi connectivity index (χ0v) is 12.9. The Kier molecular flexibility index (Phi) is 3.56. The Bertz CT molecular complexity index is 984. The van der Waals surface area contributed by atoms with Crippen LogP contribution >= 0.6 is 0 Å². The fourth-order valence-corrected chi connectivity index (χ4v) is 2.78. The first-order valence-electron chi connectivity index (χ1n) is 7.69. The van der Waals surface area contributed by atoms with Gasteiger partial charge in [-0.2, -0.15) is 5.10 Å². The molecule has 24 heavy (non-hydrogen) atoms. The number of fused-ring (bicyclic) bond motifs is 1. The molecule has 3 aromatic carbocycles. The number of carbonyl (C=O) groups is 1. The molecule has 0 aliphatic carbocycles. The largest absolute Gasteiger partial charge is 0.322 e. The lowest BCUT2D eigenvalue weighted by molar-refractivity contribution is 0.102. The van der Waals surface area contributed by atoms with Gasteiger partial charge >= 0.3 is 0 Å². The number of aromatic nitrogens is 2. The molecule has 0 spiro atoms. The molecule has 0 aliphatic rings. The average molecular weight is 313 g/mol. The van der Waals surface area contributed by atoms with Crippen LogP contribution in [0.25, 0.3) is 21.9 Å². The summed E-state index contributed by atoms with van der Waals surface area (Å²) < 4.78 is 0. The fraction of sp³-hybridized carbons (Fsp3) is 0. The zero-order chi connectivity index (χ0) is 16.4. The summed E-state index contributed by atoms with van der Waals surface area (Å²) in [6, 6.07) is 21.3. The van der Waals surface area contributed by atoms with Crippen molar-refractivity contribution >= 4 is 22.4 Å². The van der Waals surface area contributed by atoms with Crippen molar-refractivity contribution in [3.05, 3.63) is 84.7 Å². The van der Waals surface area contributed by atoms with Crippen LogP contribution in [-0.4, -0.2) is 16.1 Å². The summed E-state index contributed by atoms with van der Waals surface area (Å²) in [5.41, 5.74) is 3.50. The Morgan fingerprint density at radius 1 is 0.875 bits per heavy atom. The number of benzene rings is 3. The number of nitrogens with one attached hydrogen (secondary N) is 2. The van der Waals surface area contributed by atoms with E-state index in [0.717, 1.165) is 27.6 Å². The molecular formula is C20H15N3O. The highest BCUT2D eigenvalue weighted by Gasteiger charge is 2.10. The molecular weight excluding hydrogens is 298 g/mol. The Labute approximate surface area is 139 Å². The van der Waals surface area contributed by atoms with E-state index in [4.69, 9.17) is 0 Å². The van der Waals surface area contributed by atoms with Crippen LogP contribution in [0.3, 0.4) is 0 Å². The van der Waals surface area contributed by atoms with Crippen molar-refractivity contribution in [1.29, 1.82) is 0 Å². The SMILES string of the molecule is O=C(Nc1ccc(-c2cn[nH]c2)cc1)c1cccc2ccccc12. The molecule has 1 amide bonds. The molecule has 4 nitrogen and oxygen atoms in total. The standard InChI is InChI=1S/C20H15N3O/c24-20(19-7-3-5-15-4-1-2-6-18(15)19)23-17-10-8-14(9-11-17)16-12-21-22-13-16/h1-13H,(H,21,22)(H,23,24). The first-order valence-corrected chi connectivity index (χ1v) is 7.69. The maximum Gasteiger partial charge on any atom is 0.256 e. The fourth-order valence-electron chi connectivity index (χ4n) is 2.78. The highest BCUT2D eigenvalue weighted by atomic mass is 16.1. The van der Waals surface area contributed by atoms with E-state index < -0.39 is 0 Å². The number of amides is 1. The summed E-state index contributed by atoms with van der Waals surface area (Å²) in [4.78, 5) is 12.6. The Balaban J connectivity index is 1.59. The molecule has 0 fully saturated rings. The van der Waals surface area contributed by atoms with Crippen molar-refractivity contribution < 1.29 is 4.79 Å². The molecule has 0 bridgehead atoms. The minimum absolute atomic E-state index is 0.108. The van der Waals surface area contributed by atoms with Gasteiger partial charge in [0.05, 0.1) is 6.20 Å². The summed E-state index contributed by atoms with van der Waals surface area (Å²) in [5, 5.41) is 11.7. The monoisotopic (exact) mass is 313 g/mol. The van der Waals surface area contributed by atoms with Gasteiger partial charge in [0.1, 0.15) is 0 Å². The number of nitrogens with zero attached hydrogens (tertiary/aromatic N) is 1. The molecule has 116 valence electrons. The maximum atomic E-state index is 12.6. The summed E-state index contributed by atoms with van der Waals surface area (Å²) in [5.74, 6) is -0.108. The quantitative estimate of drug-likeness (QED) is 0.586. The second kappa shape index (κ2) is 6.01. The number of hydrogen-bond donors (Lipinski definition) is 2. The van der Waals surface area contributed by atoms with E-state index in [2.05, 4.69) is 15.5 Å². The van der Waals surface area contributed by atoms with Gasteiger partial charge < -0.3 is 5.32 Å². The molecule has 0 aliphatic heterocycles. The summed E-state index contributed by atoms with van der Waals surface area (Å²) in [6.45, 7) is 0. The normalized spacial score (nSPS) is 10.7. The Morgan fingerprint density at radius 2 is 1.67 bits per heavy atom. The minimum atomic E-state index is -0.108. The topological polar surface area (TPSA) is 57.8 Å². The molecule has 0 unspecified atom stereocenters. The maximum absolute atomic E-state index is 12.6. The van der Waals surface area contributed by atoms with E-state index >= 15 is 0 Å². The summed E-state index contributed by atoms with van der Waals surface area (Å²) in [7, 11) is 0. The second-order valence-corrected chi connectivity index (χ2v) is 5.55. The lowest BCUT2D eigenvalue weighted by atomic mass is 10.0. The number of aromatic amines is 1. The van der Waals surface area contributed by atoms with E-state index in [9.17, 15) is 4.79 Å². The van der Waals surface area contributed by atoms with Gasteiger partial charge in [0.25, 0.3) is 5.91 Å². The first-order chi connectivity index (χ1) is 11.8.